The van der Waals surface area contributed by atoms with Gasteiger partial charge in [-0.3, -0.25) is 14.4 Å². The number of halogens is 6. The topological polar surface area (TPSA) is 322 Å². The summed E-state index contributed by atoms with van der Waals surface area (Å²) in [6.45, 7) is 9.70. The minimum absolute atomic E-state index is 0.0539. The number of sulfonamides is 3. The van der Waals surface area contributed by atoms with Crippen molar-refractivity contribution in [1.29, 1.82) is 0 Å². The van der Waals surface area contributed by atoms with Gasteiger partial charge in [-0.05, 0) is 144 Å². The van der Waals surface area contributed by atoms with Gasteiger partial charge in [-0.1, -0.05) is 106 Å². The van der Waals surface area contributed by atoms with Crippen LogP contribution >= 0.6 is 69.6 Å². The van der Waals surface area contributed by atoms with E-state index in [-0.39, 0.29) is 247 Å². The Kier molecular flexibility index (Phi) is 40.8. The number of rotatable bonds is 54. The summed E-state index contributed by atoms with van der Waals surface area (Å²) in [5.41, 5.74) is 8.36. The van der Waals surface area contributed by atoms with Crippen LogP contribution in [0.3, 0.4) is 0 Å². The Morgan fingerprint density at radius 3 is 0.839 bits per heavy atom. The van der Waals surface area contributed by atoms with Crippen LogP contribution in [0.15, 0.2) is 124 Å². The molecule has 3 aliphatic heterocycles. The second-order valence-corrected chi connectivity index (χ2v) is 36.5. The van der Waals surface area contributed by atoms with Crippen molar-refractivity contribution in [2.75, 3.05) is 219 Å². The number of benzene rings is 6. The lowest BCUT2D eigenvalue weighted by Crippen LogP contribution is -2.38. The molecule has 3 atom stereocenters. The number of likely N-dealkylation sites (N-methyl/N-ethyl adjacent to an activating group) is 3. The molecule has 6 N–H and O–H groups in total. The van der Waals surface area contributed by atoms with Gasteiger partial charge in [0.1, 0.15) is 0 Å². The second-order valence-electron chi connectivity index (χ2n) is 28.7. The van der Waals surface area contributed by atoms with Gasteiger partial charge >= 0.3 is 0 Å². The molecular formula is C81H108Cl6N10O18S3. The zero-order valence-electron chi connectivity index (χ0n) is 66.7. The van der Waals surface area contributed by atoms with Gasteiger partial charge < -0.3 is 78.2 Å². The van der Waals surface area contributed by atoms with Crippen LogP contribution < -0.4 is 30.1 Å². The summed E-state index contributed by atoms with van der Waals surface area (Å²) in [6, 6.07) is 31.5. The van der Waals surface area contributed by atoms with Gasteiger partial charge in [0, 0.05) is 165 Å². The van der Waals surface area contributed by atoms with Gasteiger partial charge in [0.05, 0.1) is 134 Å². The minimum atomic E-state index is -3.84. The summed E-state index contributed by atoms with van der Waals surface area (Å²) in [6.07, 6.45) is 0.269. The first-order chi connectivity index (χ1) is 56.7. The lowest BCUT2D eigenvalue weighted by molar-refractivity contribution is -0.121. The maximum Gasteiger partial charge on any atom is 0.240 e. The fraction of sp³-hybridized carbons (Fsp3) is 0.519. The highest BCUT2D eigenvalue weighted by Gasteiger charge is 2.32. The van der Waals surface area contributed by atoms with Crippen molar-refractivity contribution in [3.8, 4) is 0 Å². The summed E-state index contributed by atoms with van der Waals surface area (Å²) >= 11 is 38.8. The third kappa shape index (κ3) is 31.8. The molecule has 3 amide bonds. The Balaban J connectivity index is 0.605. The molecule has 3 aliphatic rings. The molecule has 6 aromatic rings. The van der Waals surface area contributed by atoms with Gasteiger partial charge in [-0.2, -0.15) is 0 Å². The number of hydrogen-bond donors (Lipinski definition) is 6. The molecule has 118 heavy (non-hydrogen) atoms. The van der Waals surface area contributed by atoms with Gasteiger partial charge in [0.15, 0.2) is 0 Å². The average Bonchev–Trinajstić information content (AvgIpc) is 0.781. The highest BCUT2D eigenvalue weighted by molar-refractivity contribution is 7.90. The number of hydrogen-bond acceptors (Lipinski definition) is 22. The monoisotopic (exact) mass is 1810 g/mol. The quantitative estimate of drug-likeness (QED) is 0.0195. The van der Waals surface area contributed by atoms with Gasteiger partial charge in [-0.15, -0.1) is 0 Å². The van der Waals surface area contributed by atoms with E-state index in [9.17, 15) is 39.6 Å². The van der Waals surface area contributed by atoms with E-state index in [1.54, 1.807) is 72.8 Å². The Labute approximate surface area is 723 Å². The molecule has 0 aliphatic carbocycles. The first kappa shape index (κ1) is 96.5. The SMILES string of the molecule is CN1Cc2c(Cl)cc(Cl)cc2[C@H](c2cccc(S(=O)(=O)NCCOCCOCCOCCNC(=O)CCN(CCC(=O)NCCOCCOCCOCCNS(=O)(=O)c3cccc([C@@H]4CN(C)Cc5c(Cl)cc(Cl)cc54)c3)CCC(=O)NCCOCCOCCOCCNS(=O)(=O)c3cccc([C@@H]4CN(C)Cc5c(Cl)cc(Cl)cc54)c3)c2)C1. The van der Waals surface area contributed by atoms with Crippen molar-refractivity contribution >= 4 is 117 Å². The molecule has 28 nitrogen and oxygen atoms in total. The third-order valence-corrected chi connectivity index (χ3v) is 25.8. The van der Waals surface area contributed by atoms with E-state index >= 15 is 0 Å². The molecule has 0 spiro atoms. The van der Waals surface area contributed by atoms with Gasteiger partial charge in [0.2, 0.25) is 47.8 Å². The van der Waals surface area contributed by atoms with E-state index in [2.05, 4.69) is 44.8 Å². The van der Waals surface area contributed by atoms with E-state index in [0.717, 1.165) is 50.1 Å². The van der Waals surface area contributed by atoms with Crippen molar-refractivity contribution in [3.63, 3.8) is 0 Å². The first-order valence-electron chi connectivity index (χ1n) is 39.2. The largest absolute Gasteiger partial charge is 0.378 e. The molecule has 3 heterocycles. The highest BCUT2D eigenvalue weighted by Crippen LogP contribution is 2.42. The van der Waals surface area contributed by atoms with Crippen LogP contribution in [0.4, 0.5) is 0 Å². The normalized spacial score (nSPS) is 16.1. The molecule has 0 radical (unpaired) electrons. The van der Waals surface area contributed by atoms with Crippen LogP contribution in [0, 0.1) is 0 Å². The van der Waals surface area contributed by atoms with E-state index in [1.807, 2.05) is 62.4 Å². The number of amides is 3. The lowest BCUT2D eigenvalue weighted by Gasteiger charge is -2.33. The van der Waals surface area contributed by atoms with Crippen LogP contribution in [0.25, 0.3) is 0 Å². The van der Waals surface area contributed by atoms with E-state index in [1.165, 1.54) is 0 Å². The van der Waals surface area contributed by atoms with Crippen LogP contribution in [-0.4, -0.2) is 281 Å². The van der Waals surface area contributed by atoms with Crippen molar-refractivity contribution in [1.82, 2.24) is 49.7 Å². The first-order valence-corrected chi connectivity index (χ1v) is 45.9. The predicted octanol–water partition coefficient (Wildman–Crippen LogP) is 8.54. The summed E-state index contributed by atoms with van der Waals surface area (Å²) < 4.78 is 138. The van der Waals surface area contributed by atoms with Crippen molar-refractivity contribution in [3.05, 3.63) is 189 Å². The molecule has 37 heteroatoms. The molecule has 6 aromatic carbocycles. The molecule has 0 unspecified atom stereocenters. The van der Waals surface area contributed by atoms with Gasteiger partial charge in [0.25, 0.3) is 0 Å². The Bertz CT molecular complexity index is 4140. The minimum Gasteiger partial charge on any atom is -0.378 e. The van der Waals surface area contributed by atoms with E-state index < -0.39 is 30.1 Å². The fourth-order valence-corrected chi connectivity index (χ4v) is 18.8. The number of fused-ring (bicyclic) bond motifs is 3. The third-order valence-electron chi connectivity index (χ3n) is 19.7. The van der Waals surface area contributed by atoms with Crippen molar-refractivity contribution in [2.24, 2.45) is 0 Å². The molecule has 650 valence electrons. The fourth-order valence-electron chi connectivity index (χ4n) is 13.9. The second kappa shape index (κ2) is 49.8. The molecule has 0 aromatic heterocycles. The average molecular weight is 1820 g/mol. The number of carbonyl (C=O) groups excluding carboxylic acids is 3. The smallest absolute Gasteiger partial charge is 0.240 e. The molecule has 0 fully saturated rings. The Morgan fingerprint density at radius 2 is 0.585 bits per heavy atom. The molecule has 0 saturated heterocycles. The molecule has 0 saturated carbocycles. The maximum absolute atomic E-state index is 13.3. The highest BCUT2D eigenvalue weighted by atomic mass is 35.5. The standard InChI is InChI=1S/C81H108Cl6N10O18S3/c1-94-52-70(67-46-61(82)49-76(85)73(67)55-94)58-7-4-10-64(43-58)116(101,102)91-19-28-110-34-40-113-37-31-107-25-16-88-79(98)13-22-97(23-14-80(99)89-17-26-108-32-38-114-41-35-111-29-20-92-117(103,104)65-11-5-8-59(44-65)71-53-95(2)56-74-68(71)47-62(83)50-77(74)86)24-15-81(100)90-18-27-109-33-39-115-42-36-112-30-21-93-118(105,106)66-12-6-9-60(45-66)72-54-96(3)57-75-69(72)48-63(84)51-78(75)87/h4-12,43-51,70-72,91-93H,13-42,52-57H2,1-3H3,(H,88,98)(H,89,99)(H,90,100)/t70-,71-,72-/m0/s1. The summed E-state index contributed by atoms with van der Waals surface area (Å²) in [5.74, 6) is -1.10. The number of nitrogens with one attached hydrogen (secondary N) is 6. The number of carbonyl (C=O) groups is 3. The number of ether oxygens (including phenoxy) is 9. The lowest BCUT2D eigenvalue weighted by atomic mass is 9.85. The molecule has 9 rings (SSSR count). The maximum atomic E-state index is 13.3. The van der Waals surface area contributed by atoms with Crippen LogP contribution in [0.5, 0.6) is 0 Å². The van der Waals surface area contributed by atoms with E-state index in [0.29, 0.717) is 69.4 Å². The zero-order valence-corrected chi connectivity index (χ0v) is 73.7. The van der Waals surface area contributed by atoms with Crippen molar-refractivity contribution in [2.45, 2.75) is 71.3 Å². The summed E-state index contributed by atoms with van der Waals surface area (Å²) in [4.78, 5) is 47.8. The number of nitrogens with zero attached hydrogens (tertiary/aromatic N) is 4. The Morgan fingerprint density at radius 1 is 0.347 bits per heavy atom. The molecule has 0 bridgehead atoms. The Hall–Kier alpha value is -5.32. The van der Waals surface area contributed by atoms with Gasteiger partial charge in [-0.25, -0.2) is 39.4 Å². The molecular weight excluding hydrogens is 1710 g/mol. The summed E-state index contributed by atoms with van der Waals surface area (Å²) in [7, 11) is -5.54. The van der Waals surface area contributed by atoms with Crippen LogP contribution in [-0.2, 0) is 107 Å². The van der Waals surface area contributed by atoms with Crippen LogP contribution in [0.2, 0.25) is 30.1 Å². The predicted molar refractivity (Wildman–Crippen MR) is 455 cm³/mol. The summed E-state index contributed by atoms with van der Waals surface area (Å²) in [5, 5.41) is 11.8. The van der Waals surface area contributed by atoms with Crippen molar-refractivity contribution < 1.29 is 82.3 Å². The van der Waals surface area contributed by atoms with E-state index in [4.69, 9.17) is 112 Å². The zero-order chi connectivity index (χ0) is 84.5. The van der Waals surface area contributed by atoms with Crippen LogP contribution in [0.1, 0.15) is 87.1 Å².